The van der Waals surface area contributed by atoms with Crippen LogP contribution in [-0.4, -0.2) is 13.1 Å². The molecule has 0 radical (unpaired) electrons. The van der Waals surface area contributed by atoms with Crippen LogP contribution in [0.25, 0.3) is 11.1 Å². The summed E-state index contributed by atoms with van der Waals surface area (Å²) in [4.78, 5) is 0. The van der Waals surface area contributed by atoms with Crippen LogP contribution in [0.3, 0.4) is 0 Å². The molecule has 2 aromatic carbocycles. The monoisotopic (exact) mass is 289 g/mol. The van der Waals surface area contributed by atoms with Crippen molar-refractivity contribution in [2.75, 3.05) is 13.1 Å². The van der Waals surface area contributed by atoms with Gasteiger partial charge in [-0.05, 0) is 48.2 Å². The van der Waals surface area contributed by atoms with Crippen molar-refractivity contribution < 1.29 is 4.39 Å². The smallest absolute Gasteiger partial charge is 0.131 e. The Morgan fingerprint density at radius 1 is 1.20 bits per heavy atom. The van der Waals surface area contributed by atoms with Crippen molar-refractivity contribution in [3.63, 3.8) is 0 Å². The lowest BCUT2D eigenvalue weighted by Crippen LogP contribution is -2.18. The number of hydrogen-bond acceptors (Lipinski definition) is 1. The molecule has 1 aliphatic heterocycles. The van der Waals surface area contributed by atoms with E-state index < -0.39 is 0 Å². The summed E-state index contributed by atoms with van der Waals surface area (Å²) in [5.74, 6) is 0.203. The Morgan fingerprint density at radius 2 is 2.00 bits per heavy atom. The van der Waals surface area contributed by atoms with Crippen LogP contribution >= 0.6 is 11.6 Å². The summed E-state index contributed by atoms with van der Waals surface area (Å²) in [7, 11) is 0. The zero-order chi connectivity index (χ0) is 14.1. The van der Waals surface area contributed by atoms with Gasteiger partial charge in [-0.25, -0.2) is 4.39 Å². The molecule has 0 aliphatic carbocycles. The molecule has 0 bridgehead atoms. The second kappa shape index (κ2) is 5.55. The van der Waals surface area contributed by atoms with E-state index in [1.165, 1.54) is 17.2 Å². The highest BCUT2D eigenvalue weighted by Crippen LogP contribution is 2.35. The molecule has 0 spiro atoms. The van der Waals surface area contributed by atoms with Gasteiger partial charge < -0.3 is 5.32 Å². The maximum absolute atomic E-state index is 14.0. The number of nitrogens with one attached hydrogen (secondary N) is 1. The van der Waals surface area contributed by atoms with Crippen molar-refractivity contribution >= 4 is 11.6 Å². The van der Waals surface area contributed by atoms with Crippen LogP contribution < -0.4 is 5.32 Å². The Kier molecular flexibility index (Phi) is 3.77. The summed E-state index contributed by atoms with van der Waals surface area (Å²) in [5.41, 5.74) is 3.91. The average Bonchev–Trinajstić information content (AvgIpc) is 2.61. The molecule has 0 saturated carbocycles. The summed E-state index contributed by atoms with van der Waals surface area (Å²) >= 11 is 6.40. The zero-order valence-electron chi connectivity index (χ0n) is 11.4. The van der Waals surface area contributed by atoms with Gasteiger partial charge in [-0.1, -0.05) is 36.7 Å². The maximum Gasteiger partial charge on any atom is 0.131 e. The standard InChI is InChI=1S/C17H17ClFN/c1-11-10-20-7-6-12-8-15(16(18)9-14(11)12)13-4-2-3-5-17(13)19/h2-5,8-9,11,20H,6-7,10H2,1H3. The van der Waals surface area contributed by atoms with Crippen molar-refractivity contribution in [3.05, 3.63) is 58.4 Å². The van der Waals surface area contributed by atoms with Crippen LogP contribution in [0.2, 0.25) is 5.02 Å². The Bertz CT molecular complexity index is 639. The Morgan fingerprint density at radius 3 is 2.80 bits per heavy atom. The largest absolute Gasteiger partial charge is 0.316 e. The van der Waals surface area contributed by atoms with E-state index in [1.54, 1.807) is 12.1 Å². The number of fused-ring (bicyclic) bond motifs is 1. The highest BCUT2D eigenvalue weighted by Gasteiger charge is 2.18. The third kappa shape index (κ3) is 2.46. The lowest BCUT2D eigenvalue weighted by atomic mass is 9.91. The number of halogens is 2. The van der Waals surface area contributed by atoms with Crippen molar-refractivity contribution in [2.24, 2.45) is 0 Å². The third-order valence-corrected chi connectivity index (χ3v) is 4.26. The molecule has 20 heavy (non-hydrogen) atoms. The molecular weight excluding hydrogens is 273 g/mol. The minimum atomic E-state index is -0.228. The van der Waals surface area contributed by atoms with E-state index in [0.717, 1.165) is 25.1 Å². The number of benzene rings is 2. The molecule has 1 aliphatic rings. The third-order valence-electron chi connectivity index (χ3n) is 3.95. The molecule has 0 fully saturated rings. The fraction of sp³-hybridized carbons (Fsp3) is 0.294. The summed E-state index contributed by atoms with van der Waals surface area (Å²) in [5, 5.41) is 4.04. The van der Waals surface area contributed by atoms with E-state index in [4.69, 9.17) is 11.6 Å². The molecule has 0 aromatic heterocycles. The maximum atomic E-state index is 14.0. The van der Waals surface area contributed by atoms with E-state index in [2.05, 4.69) is 18.3 Å². The van der Waals surface area contributed by atoms with Crippen molar-refractivity contribution in [1.82, 2.24) is 5.32 Å². The quantitative estimate of drug-likeness (QED) is 0.821. The van der Waals surface area contributed by atoms with Gasteiger partial charge in [0.2, 0.25) is 0 Å². The predicted octanol–water partition coefficient (Wildman–Crippen LogP) is 4.40. The van der Waals surface area contributed by atoms with Crippen LogP contribution in [0, 0.1) is 5.82 Å². The lowest BCUT2D eigenvalue weighted by Gasteiger charge is -2.16. The van der Waals surface area contributed by atoms with Crippen molar-refractivity contribution in [3.8, 4) is 11.1 Å². The zero-order valence-corrected chi connectivity index (χ0v) is 12.2. The first-order valence-electron chi connectivity index (χ1n) is 6.94. The topological polar surface area (TPSA) is 12.0 Å². The van der Waals surface area contributed by atoms with Gasteiger partial charge in [-0.2, -0.15) is 0 Å². The van der Waals surface area contributed by atoms with Crippen LogP contribution in [0.5, 0.6) is 0 Å². The summed E-state index contributed by atoms with van der Waals surface area (Å²) in [6, 6.07) is 10.9. The van der Waals surface area contributed by atoms with Crippen LogP contribution in [0.4, 0.5) is 4.39 Å². The summed E-state index contributed by atoms with van der Waals surface area (Å²) in [6.45, 7) is 4.11. The van der Waals surface area contributed by atoms with E-state index in [9.17, 15) is 4.39 Å². The first-order valence-corrected chi connectivity index (χ1v) is 7.32. The SMILES string of the molecule is CC1CNCCc2cc(-c3ccccc3F)c(Cl)cc21. The average molecular weight is 290 g/mol. The van der Waals surface area contributed by atoms with Crippen LogP contribution in [-0.2, 0) is 6.42 Å². The van der Waals surface area contributed by atoms with Crippen LogP contribution in [0.1, 0.15) is 24.0 Å². The van der Waals surface area contributed by atoms with Crippen LogP contribution in [0.15, 0.2) is 36.4 Å². The van der Waals surface area contributed by atoms with Gasteiger partial charge in [-0.15, -0.1) is 0 Å². The highest BCUT2D eigenvalue weighted by molar-refractivity contribution is 6.33. The minimum Gasteiger partial charge on any atom is -0.316 e. The van der Waals surface area contributed by atoms with Crippen molar-refractivity contribution in [2.45, 2.75) is 19.3 Å². The van der Waals surface area contributed by atoms with Gasteiger partial charge >= 0.3 is 0 Å². The number of hydrogen-bond donors (Lipinski definition) is 1. The molecule has 1 heterocycles. The summed E-state index contributed by atoms with van der Waals surface area (Å²) in [6.07, 6.45) is 0.957. The molecule has 2 aromatic rings. The molecule has 1 nitrogen and oxygen atoms in total. The molecule has 3 heteroatoms. The second-order valence-corrected chi connectivity index (χ2v) is 5.77. The molecule has 1 unspecified atom stereocenters. The van der Waals surface area contributed by atoms with E-state index in [-0.39, 0.29) is 5.82 Å². The summed E-state index contributed by atoms with van der Waals surface area (Å²) < 4.78 is 14.0. The Labute approximate surface area is 123 Å². The lowest BCUT2D eigenvalue weighted by molar-refractivity contribution is 0.631. The fourth-order valence-corrected chi connectivity index (χ4v) is 3.12. The Hall–Kier alpha value is -1.38. The van der Waals surface area contributed by atoms with Gasteiger partial charge in [0.05, 0.1) is 0 Å². The molecule has 0 amide bonds. The van der Waals surface area contributed by atoms with E-state index in [1.807, 2.05) is 12.1 Å². The molecule has 1 N–H and O–H groups in total. The first kappa shape index (κ1) is 13.6. The first-order chi connectivity index (χ1) is 9.66. The van der Waals surface area contributed by atoms with Gasteiger partial charge in [0, 0.05) is 22.7 Å². The molecule has 3 rings (SSSR count). The Balaban J connectivity index is 2.15. The minimum absolute atomic E-state index is 0.228. The molecule has 0 saturated heterocycles. The van der Waals surface area contributed by atoms with Gasteiger partial charge in [0.25, 0.3) is 0 Å². The fourth-order valence-electron chi connectivity index (χ4n) is 2.85. The van der Waals surface area contributed by atoms with Gasteiger partial charge in [0.15, 0.2) is 0 Å². The number of rotatable bonds is 1. The van der Waals surface area contributed by atoms with Gasteiger partial charge in [0.1, 0.15) is 5.82 Å². The second-order valence-electron chi connectivity index (χ2n) is 5.37. The molecule has 104 valence electrons. The molecular formula is C17H17ClFN. The normalized spacial score (nSPS) is 18.4. The van der Waals surface area contributed by atoms with Gasteiger partial charge in [-0.3, -0.25) is 0 Å². The van der Waals surface area contributed by atoms with E-state index >= 15 is 0 Å². The van der Waals surface area contributed by atoms with Crippen molar-refractivity contribution in [1.29, 1.82) is 0 Å². The molecule has 1 atom stereocenters. The highest BCUT2D eigenvalue weighted by atomic mass is 35.5. The predicted molar refractivity (Wildman–Crippen MR) is 81.8 cm³/mol. The van der Waals surface area contributed by atoms with E-state index in [0.29, 0.717) is 16.5 Å².